The number of carbonyl (C=O) groups is 1. The van der Waals surface area contributed by atoms with E-state index in [0.29, 0.717) is 32.6 Å². The van der Waals surface area contributed by atoms with Gasteiger partial charge >= 0.3 is 0 Å². The predicted octanol–water partition coefficient (Wildman–Crippen LogP) is 0.992. The van der Waals surface area contributed by atoms with Crippen LogP contribution < -0.4 is 11.1 Å². The van der Waals surface area contributed by atoms with Crippen LogP contribution in [0.3, 0.4) is 0 Å². The molecule has 0 radical (unpaired) electrons. The molecular weight excluding hydrogens is 318 g/mol. The molecule has 6 heteroatoms. The van der Waals surface area contributed by atoms with Crippen LogP contribution in [0.4, 0.5) is 0 Å². The maximum Gasteiger partial charge on any atom is 0.240 e. The largest absolute Gasteiger partial charge is 0.381 e. The Labute approximate surface area is 149 Å². The Morgan fingerprint density at radius 3 is 2.60 bits per heavy atom. The molecule has 3 rings (SSSR count). The van der Waals surface area contributed by atoms with E-state index in [2.05, 4.69) is 41.4 Å². The Morgan fingerprint density at radius 1 is 1.24 bits per heavy atom. The average Bonchev–Trinajstić information content (AvgIpc) is 2.63. The van der Waals surface area contributed by atoms with Crippen molar-refractivity contribution in [3.05, 3.63) is 35.4 Å². The third-order valence-electron chi connectivity index (χ3n) is 5.21. The van der Waals surface area contributed by atoms with Gasteiger partial charge in [-0.15, -0.1) is 0 Å². The van der Waals surface area contributed by atoms with E-state index < -0.39 is 5.54 Å². The van der Waals surface area contributed by atoms with Gasteiger partial charge in [0.2, 0.25) is 5.91 Å². The zero-order chi connectivity index (χ0) is 17.7. The molecule has 2 heterocycles. The van der Waals surface area contributed by atoms with Crippen LogP contribution >= 0.6 is 0 Å². The summed E-state index contributed by atoms with van der Waals surface area (Å²) in [5.41, 5.74) is 7.95. The number of hydrogen-bond donors (Lipinski definition) is 2. The van der Waals surface area contributed by atoms with Gasteiger partial charge < -0.3 is 20.5 Å². The highest BCUT2D eigenvalue weighted by molar-refractivity contribution is 5.86. The smallest absolute Gasteiger partial charge is 0.240 e. The van der Waals surface area contributed by atoms with Crippen molar-refractivity contribution in [3.8, 4) is 0 Å². The van der Waals surface area contributed by atoms with E-state index in [4.69, 9.17) is 15.2 Å². The highest BCUT2D eigenvalue weighted by atomic mass is 16.5. The first kappa shape index (κ1) is 18.3. The topological polar surface area (TPSA) is 76.8 Å². The van der Waals surface area contributed by atoms with E-state index >= 15 is 0 Å². The fraction of sp³-hybridized carbons (Fsp3) is 0.632. The highest BCUT2D eigenvalue weighted by Crippen LogP contribution is 2.23. The number of nitrogens with two attached hydrogens (primary N) is 1. The van der Waals surface area contributed by atoms with Gasteiger partial charge in [-0.05, 0) is 25.3 Å². The lowest BCUT2D eigenvalue weighted by Crippen LogP contribution is -2.58. The third-order valence-corrected chi connectivity index (χ3v) is 5.21. The lowest BCUT2D eigenvalue weighted by molar-refractivity contribution is -0.130. The van der Waals surface area contributed by atoms with Gasteiger partial charge in [0.05, 0.1) is 24.8 Å². The van der Waals surface area contributed by atoms with Crippen LogP contribution in [0.1, 0.15) is 30.0 Å². The summed E-state index contributed by atoms with van der Waals surface area (Å²) in [5, 5.41) is 3.11. The standard InChI is InChI=1S/C19H29N3O3/c1-15-3-2-4-16(13-15)17(22-7-11-25-12-8-22)14-21-18(23)19(20)5-9-24-10-6-19/h2-4,13,17H,5-12,14,20H2,1H3,(H,21,23). The quantitative estimate of drug-likeness (QED) is 0.831. The van der Waals surface area contributed by atoms with Crippen molar-refractivity contribution in [3.63, 3.8) is 0 Å². The van der Waals surface area contributed by atoms with Gasteiger partial charge in [0.25, 0.3) is 0 Å². The van der Waals surface area contributed by atoms with E-state index in [1.807, 2.05) is 0 Å². The van der Waals surface area contributed by atoms with Crippen LogP contribution in [0.5, 0.6) is 0 Å². The predicted molar refractivity (Wildman–Crippen MR) is 96.3 cm³/mol. The summed E-state index contributed by atoms with van der Waals surface area (Å²) in [4.78, 5) is 15.1. The molecule has 2 aliphatic heterocycles. The molecule has 25 heavy (non-hydrogen) atoms. The van der Waals surface area contributed by atoms with Gasteiger partial charge in [-0.3, -0.25) is 9.69 Å². The minimum atomic E-state index is -0.805. The number of nitrogens with one attached hydrogen (secondary N) is 1. The fourth-order valence-electron chi connectivity index (χ4n) is 3.55. The van der Waals surface area contributed by atoms with Crippen molar-refractivity contribution in [2.24, 2.45) is 5.73 Å². The molecule has 2 saturated heterocycles. The molecule has 6 nitrogen and oxygen atoms in total. The van der Waals surface area contributed by atoms with Crippen molar-refractivity contribution in [2.75, 3.05) is 46.1 Å². The Balaban J connectivity index is 1.70. The molecule has 2 aliphatic rings. The van der Waals surface area contributed by atoms with Crippen molar-refractivity contribution < 1.29 is 14.3 Å². The monoisotopic (exact) mass is 347 g/mol. The minimum absolute atomic E-state index is 0.0679. The number of benzene rings is 1. The van der Waals surface area contributed by atoms with Crippen molar-refractivity contribution in [2.45, 2.75) is 31.3 Å². The molecule has 1 unspecified atom stereocenters. The van der Waals surface area contributed by atoms with E-state index in [1.165, 1.54) is 11.1 Å². The number of rotatable bonds is 5. The Kier molecular flexibility index (Phi) is 6.06. The molecule has 1 aromatic rings. The zero-order valence-corrected chi connectivity index (χ0v) is 15.0. The van der Waals surface area contributed by atoms with Gasteiger partial charge in [0, 0.05) is 32.8 Å². The summed E-state index contributed by atoms with van der Waals surface area (Å²) in [6, 6.07) is 8.62. The van der Waals surface area contributed by atoms with Crippen LogP contribution in [-0.2, 0) is 14.3 Å². The molecule has 0 saturated carbocycles. The maximum atomic E-state index is 12.7. The number of morpholine rings is 1. The number of hydrogen-bond acceptors (Lipinski definition) is 5. The molecule has 2 fully saturated rings. The van der Waals surface area contributed by atoms with Crippen molar-refractivity contribution in [1.29, 1.82) is 0 Å². The molecule has 1 atom stereocenters. The Bertz CT molecular complexity index is 581. The number of ether oxygens (including phenoxy) is 2. The molecule has 0 spiro atoms. The normalized spacial score (nSPS) is 22.3. The highest BCUT2D eigenvalue weighted by Gasteiger charge is 2.36. The second-order valence-corrected chi connectivity index (χ2v) is 7.06. The van der Waals surface area contributed by atoms with E-state index in [0.717, 1.165) is 26.3 Å². The molecule has 0 bridgehead atoms. The second-order valence-electron chi connectivity index (χ2n) is 7.06. The van der Waals surface area contributed by atoms with Crippen molar-refractivity contribution >= 4 is 5.91 Å². The number of amides is 1. The number of carbonyl (C=O) groups excluding carboxylic acids is 1. The minimum Gasteiger partial charge on any atom is -0.381 e. The van der Waals surface area contributed by atoms with Gasteiger partial charge in [0.15, 0.2) is 0 Å². The molecule has 1 aromatic carbocycles. The summed E-state index contributed by atoms with van der Waals surface area (Å²) in [6.07, 6.45) is 1.15. The first-order valence-electron chi connectivity index (χ1n) is 9.12. The number of nitrogens with zero attached hydrogens (tertiary/aromatic N) is 1. The fourth-order valence-corrected chi connectivity index (χ4v) is 3.55. The summed E-state index contributed by atoms with van der Waals surface area (Å²) in [7, 11) is 0. The molecule has 0 aliphatic carbocycles. The van der Waals surface area contributed by atoms with Crippen LogP contribution in [0.15, 0.2) is 24.3 Å². The second kappa shape index (κ2) is 8.27. The van der Waals surface area contributed by atoms with Crippen LogP contribution in [0, 0.1) is 6.92 Å². The van der Waals surface area contributed by atoms with Crippen LogP contribution in [-0.4, -0.2) is 62.4 Å². The van der Waals surface area contributed by atoms with Gasteiger partial charge in [-0.1, -0.05) is 29.8 Å². The molecule has 0 aromatic heterocycles. The first-order chi connectivity index (χ1) is 12.1. The van der Waals surface area contributed by atoms with Gasteiger partial charge in [-0.25, -0.2) is 0 Å². The lowest BCUT2D eigenvalue weighted by atomic mass is 9.90. The number of aryl methyl sites for hydroxylation is 1. The van der Waals surface area contributed by atoms with Crippen molar-refractivity contribution in [1.82, 2.24) is 10.2 Å². The third kappa shape index (κ3) is 4.58. The summed E-state index contributed by atoms with van der Waals surface area (Å²) in [5.74, 6) is -0.0679. The summed E-state index contributed by atoms with van der Waals surface area (Å²) < 4.78 is 10.8. The average molecular weight is 347 g/mol. The van der Waals surface area contributed by atoms with E-state index in [1.54, 1.807) is 0 Å². The summed E-state index contributed by atoms with van der Waals surface area (Å²) in [6.45, 7) is 6.95. The molecular formula is C19H29N3O3. The Morgan fingerprint density at radius 2 is 1.92 bits per heavy atom. The zero-order valence-electron chi connectivity index (χ0n) is 15.0. The van der Waals surface area contributed by atoms with Crippen LogP contribution in [0.2, 0.25) is 0 Å². The van der Waals surface area contributed by atoms with Crippen LogP contribution in [0.25, 0.3) is 0 Å². The summed E-state index contributed by atoms with van der Waals surface area (Å²) >= 11 is 0. The van der Waals surface area contributed by atoms with E-state index in [-0.39, 0.29) is 11.9 Å². The van der Waals surface area contributed by atoms with E-state index in [9.17, 15) is 4.79 Å². The molecule has 1 amide bonds. The first-order valence-corrected chi connectivity index (χ1v) is 9.12. The molecule has 3 N–H and O–H groups in total. The molecule has 138 valence electrons. The Hall–Kier alpha value is -1.47. The van der Waals surface area contributed by atoms with Gasteiger partial charge in [-0.2, -0.15) is 0 Å². The van der Waals surface area contributed by atoms with Gasteiger partial charge in [0.1, 0.15) is 0 Å². The maximum absolute atomic E-state index is 12.7. The lowest BCUT2D eigenvalue weighted by Gasteiger charge is -2.37. The SMILES string of the molecule is Cc1cccc(C(CNC(=O)C2(N)CCOCC2)N2CCOCC2)c1.